The minimum atomic E-state index is -0.434. The molecule has 0 radical (unpaired) electrons. The van der Waals surface area contributed by atoms with E-state index in [2.05, 4.69) is 15.9 Å². The van der Waals surface area contributed by atoms with Crippen molar-refractivity contribution in [1.82, 2.24) is 0 Å². The Morgan fingerprint density at radius 3 is 2.50 bits per heavy atom. The zero-order valence-electron chi connectivity index (χ0n) is 9.42. The highest BCUT2D eigenvalue weighted by atomic mass is 79.9. The Labute approximate surface area is 117 Å². The zero-order chi connectivity index (χ0) is 12.7. The summed E-state index contributed by atoms with van der Waals surface area (Å²) >= 11 is 5.06. The number of thiophene rings is 1. The van der Waals surface area contributed by atoms with Crippen molar-refractivity contribution in [3.05, 3.63) is 51.1 Å². The van der Waals surface area contributed by atoms with Gasteiger partial charge in [-0.1, -0.05) is 18.2 Å². The highest BCUT2D eigenvalue weighted by Crippen LogP contribution is 2.41. The van der Waals surface area contributed by atoms with Gasteiger partial charge in [0, 0.05) is 10.6 Å². The van der Waals surface area contributed by atoms with E-state index >= 15 is 0 Å². The molecule has 1 aromatic carbocycles. The van der Waals surface area contributed by atoms with Gasteiger partial charge < -0.3 is 10.6 Å². The number of halogens is 1. The number of anilines is 1. The van der Waals surface area contributed by atoms with Crippen LogP contribution in [0.2, 0.25) is 0 Å². The Hall–Kier alpha value is -1.17. The zero-order valence-corrected chi connectivity index (χ0v) is 11.8. The first kappa shape index (κ1) is 11.9. The maximum atomic E-state index is 11.9. The van der Waals surface area contributed by atoms with Crippen molar-refractivity contribution in [3.8, 4) is 0 Å². The molecule has 0 spiro atoms. The molecule has 2 heterocycles. The van der Waals surface area contributed by atoms with Gasteiger partial charge in [0.25, 0.3) is 0 Å². The third-order valence-electron chi connectivity index (χ3n) is 3.06. The van der Waals surface area contributed by atoms with Crippen molar-refractivity contribution in [2.45, 2.75) is 12.1 Å². The summed E-state index contributed by atoms with van der Waals surface area (Å²) in [5.74, 6) is -0.0178. The van der Waals surface area contributed by atoms with Crippen molar-refractivity contribution in [2.75, 3.05) is 4.90 Å². The molecule has 0 unspecified atom stereocenters. The van der Waals surface area contributed by atoms with E-state index in [0.29, 0.717) is 0 Å². The Kier molecular flexibility index (Phi) is 2.97. The van der Waals surface area contributed by atoms with Crippen molar-refractivity contribution in [3.63, 3.8) is 0 Å². The van der Waals surface area contributed by atoms with Crippen LogP contribution in [0.3, 0.4) is 0 Å². The number of hydrogen-bond acceptors (Lipinski definition) is 3. The molecule has 2 N–H and O–H groups in total. The van der Waals surface area contributed by atoms with Crippen LogP contribution in [-0.4, -0.2) is 11.9 Å². The van der Waals surface area contributed by atoms with Gasteiger partial charge in [-0.05, 0) is 40.2 Å². The SMILES string of the molecule is N[C@@H]1C(=O)N(c2ccccc2)[C@@H]1c1ccc(Br)s1. The van der Waals surface area contributed by atoms with Gasteiger partial charge in [-0.2, -0.15) is 0 Å². The largest absolute Gasteiger partial charge is 0.318 e. The van der Waals surface area contributed by atoms with Gasteiger partial charge in [-0.25, -0.2) is 0 Å². The van der Waals surface area contributed by atoms with E-state index in [9.17, 15) is 4.79 Å². The first-order valence-electron chi connectivity index (χ1n) is 5.57. The van der Waals surface area contributed by atoms with Crippen LogP contribution in [0, 0.1) is 0 Å². The number of amides is 1. The van der Waals surface area contributed by atoms with Crippen molar-refractivity contribution in [2.24, 2.45) is 5.73 Å². The number of hydrogen-bond donors (Lipinski definition) is 1. The molecule has 1 saturated heterocycles. The van der Waals surface area contributed by atoms with Crippen molar-refractivity contribution >= 4 is 38.9 Å². The molecule has 1 fully saturated rings. The van der Waals surface area contributed by atoms with E-state index in [1.165, 1.54) is 0 Å². The lowest BCUT2D eigenvalue weighted by Gasteiger charge is -2.44. The molecular weight excluding hydrogens is 312 g/mol. The van der Waals surface area contributed by atoms with Gasteiger partial charge in [0.15, 0.2) is 0 Å². The van der Waals surface area contributed by atoms with Gasteiger partial charge in [-0.15, -0.1) is 11.3 Å². The number of carbonyl (C=O) groups is 1. The molecule has 1 amide bonds. The summed E-state index contributed by atoms with van der Waals surface area (Å²) in [7, 11) is 0. The molecule has 1 aliphatic heterocycles. The Morgan fingerprint density at radius 1 is 1.17 bits per heavy atom. The smallest absolute Gasteiger partial charge is 0.247 e. The molecule has 3 rings (SSSR count). The molecular formula is C13H11BrN2OS. The molecule has 1 aromatic heterocycles. The summed E-state index contributed by atoms with van der Waals surface area (Å²) in [5, 5.41) is 0. The quantitative estimate of drug-likeness (QED) is 0.864. The minimum Gasteiger partial charge on any atom is -0.318 e. The molecule has 0 saturated carbocycles. The first-order chi connectivity index (χ1) is 8.68. The molecule has 2 atom stereocenters. The van der Waals surface area contributed by atoms with E-state index in [1.807, 2.05) is 42.5 Å². The van der Waals surface area contributed by atoms with E-state index < -0.39 is 6.04 Å². The van der Waals surface area contributed by atoms with Gasteiger partial charge in [0.2, 0.25) is 5.91 Å². The van der Waals surface area contributed by atoms with Crippen LogP contribution >= 0.6 is 27.3 Å². The number of rotatable bonds is 2. The highest BCUT2D eigenvalue weighted by Gasteiger charge is 2.47. The average Bonchev–Trinajstić information content (AvgIpc) is 2.81. The van der Waals surface area contributed by atoms with E-state index in [-0.39, 0.29) is 11.9 Å². The van der Waals surface area contributed by atoms with Crippen LogP contribution in [0.15, 0.2) is 46.3 Å². The lowest BCUT2D eigenvalue weighted by molar-refractivity contribution is -0.126. The summed E-state index contributed by atoms with van der Waals surface area (Å²) in [6.45, 7) is 0. The molecule has 1 aliphatic rings. The fourth-order valence-electron chi connectivity index (χ4n) is 2.18. The predicted octanol–water partition coefficient (Wildman–Crippen LogP) is 2.93. The monoisotopic (exact) mass is 322 g/mol. The van der Waals surface area contributed by atoms with Gasteiger partial charge in [0.05, 0.1) is 9.83 Å². The number of para-hydroxylation sites is 1. The maximum absolute atomic E-state index is 11.9. The summed E-state index contributed by atoms with van der Waals surface area (Å²) in [6, 6.07) is 13.2. The molecule has 18 heavy (non-hydrogen) atoms. The predicted molar refractivity (Wildman–Crippen MR) is 76.7 cm³/mol. The molecule has 0 bridgehead atoms. The van der Waals surface area contributed by atoms with Crippen molar-refractivity contribution in [1.29, 1.82) is 0 Å². The summed E-state index contributed by atoms with van der Waals surface area (Å²) in [6.07, 6.45) is 0. The Morgan fingerprint density at radius 2 is 1.89 bits per heavy atom. The topological polar surface area (TPSA) is 46.3 Å². The molecule has 5 heteroatoms. The molecule has 3 nitrogen and oxygen atoms in total. The number of β-lactam (4-membered cyclic amide) rings is 1. The number of nitrogens with two attached hydrogens (primary N) is 1. The number of nitrogens with zero attached hydrogens (tertiary/aromatic N) is 1. The lowest BCUT2D eigenvalue weighted by atomic mass is 9.93. The van der Waals surface area contributed by atoms with Crippen LogP contribution in [0.4, 0.5) is 5.69 Å². The lowest BCUT2D eigenvalue weighted by Crippen LogP contribution is -2.63. The van der Waals surface area contributed by atoms with E-state index in [1.54, 1.807) is 16.2 Å². The second kappa shape index (κ2) is 4.50. The second-order valence-electron chi connectivity index (χ2n) is 4.16. The third-order valence-corrected chi connectivity index (χ3v) is 4.76. The van der Waals surface area contributed by atoms with E-state index in [4.69, 9.17) is 5.73 Å². The fraction of sp³-hybridized carbons (Fsp3) is 0.154. The maximum Gasteiger partial charge on any atom is 0.247 e. The summed E-state index contributed by atoms with van der Waals surface area (Å²) in [5.41, 5.74) is 6.84. The normalized spacial score (nSPS) is 23.0. The average molecular weight is 323 g/mol. The summed E-state index contributed by atoms with van der Waals surface area (Å²) < 4.78 is 1.05. The van der Waals surface area contributed by atoms with Crippen LogP contribution in [-0.2, 0) is 4.79 Å². The van der Waals surface area contributed by atoms with Crippen LogP contribution in [0.25, 0.3) is 0 Å². The minimum absolute atomic E-state index is 0.0178. The second-order valence-corrected chi connectivity index (χ2v) is 6.65. The molecule has 2 aromatic rings. The molecule has 92 valence electrons. The van der Waals surface area contributed by atoms with Crippen molar-refractivity contribution < 1.29 is 4.79 Å². The van der Waals surface area contributed by atoms with Gasteiger partial charge in [-0.3, -0.25) is 4.79 Å². The third kappa shape index (κ3) is 1.79. The summed E-state index contributed by atoms with van der Waals surface area (Å²) in [4.78, 5) is 14.8. The fourth-order valence-corrected chi connectivity index (χ4v) is 3.74. The molecule has 0 aliphatic carbocycles. The Balaban J connectivity index is 1.96. The Bertz CT molecular complexity index is 584. The van der Waals surface area contributed by atoms with E-state index in [0.717, 1.165) is 14.4 Å². The highest BCUT2D eigenvalue weighted by molar-refractivity contribution is 9.11. The number of carbonyl (C=O) groups excluding carboxylic acids is 1. The standard InChI is InChI=1S/C13H11BrN2OS/c14-10-7-6-9(18-10)12-11(15)13(17)16(12)8-4-2-1-3-5-8/h1-7,11-12H,15H2/t11-,12+/m0/s1. The first-order valence-corrected chi connectivity index (χ1v) is 7.18. The van der Waals surface area contributed by atoms with Crippen LogP contribution < -0.4 is 10.6 Å². The number of benzene rings is 1. The van der Waals surface area contributed by atoms with Gasteiger partial charge in [0.1, 0.15) is 6.04 Å². The van der Waals surface area contributed by atoms with Gasteiger partial charge >= 0.3 is 0 Å². The van der Waals surface area contributed by atoms with Crippen LogP contribution in [0.5, 0.6) is 0 Å². The van der Waals surface area contributed by atoms with Crippen LogP contribution in [0.1, 0.15) is 10.9 Å².